The standard InChI is InChI=1S/C20H21NO6S2/c1-21(10-16(22)23)12-8-11(9-13(21)18-17(12)27-18)26-19(24)20(25,14-4-2-6-28-14)15-5-3-7-29-15/h2-7,11-13,17-18,25H,8-10H2,1H3/t11?,12-,13+,17-,18+,21?. The van der Waals surface area contributed by atoms with Gasteiger partial charge in [0.2, 0.25) is 5.60 Å². The van der Waals surface area contributed by atoms with Crippen molar-refractivity contribution in [3.63, 3.8) is 0 Å². The number of likely N-dealkylation sites (N-methyl/N-ethyl adjacent to an activating group) is 1. The van der Waals surface area contributed by atoms with Crippen LogP contribution in [0.25, 0.3) is 0 Å². The number of ether oxygens (including phenoxy) is 2. The fourth-order valence-electron chi connectivity index (χ4n) is 5.19. The summed E-state index contributed by atoms with van der Waals surface area (Å²) in [5.74, 6) is -1.76. The lowest BCUT2D eigenvalue weighted by molar-refractivity contribution is -0.950. The second-order valence-corrected chi connectivity index (χ2v) is 10.1. The molecule has 2 aromatic heterocycles. The molecule has 154 valence electrons. The smallest absolute Gasteiger partial charge is 0.349 e. The molecule has 7 nitrogen and oxygen atoms in total. The minimum Gasteiger partial charge on any atom is -0.544 e. The van der Waals surface area contributed by atoms with Gasteiger partial charge in [0.1, 0.15) is 36.9 Å². The zero-order chi connectivity index (χ0) is 20.4. The molecular formula is C20H21NO6S2. The fraction of sp³-hybridized carbons (Fsp3) is 0.500. The van der Waals surface area contributed by atoms with Gasteiger partial charge in [-0.2, -0.15) is 0 Å². The largest absolute Gasteiger partial charge is 0.544 e. The molecular weight excluding hydrogens is 414 g/mol. The number of nitrogens with zero attached hydrogens (tertiary/aromatic N) is 1. The van der Waals surface area contributed by atoms with Crippen LogP contribution in [0.5, 0.6) is 0 Å². The van der Waals surface area contributed by atoms with E-state index in [1.165, 1.54) is 22.7 Å². The minimum absolute atomic E-state index is 0.0153. The average molecular weight is 436 g/mol. The Morgan fingerprint density at radius 3 is 2.21 bits per heavy atom. The number of morpholine rings is 1. The van der Waals surface area contributed by atoms with Crippen molar-refractivity contribution in [1.29, 1.82) is 0 Å². The van der Waals surface area contributed by atoms with Crippen molar-refractivity contribution in [3.05, 3.63) is 44.8 Å². The summed E-state index contributed by atoms with van der Waals surface area (Å²) in [5.41, 5.74) is -1.83. The van der Waals surface area contributed by atoms with E-state index in [2.05, 4.69) is 0 Å². The lowest BCUT2D eigenvalue weighted by Crippen LogP contribution is -2.65. The van der Waals surface area contributed by atoms with Crippen LogP contribution in [0.3, 0.4) is 0 Å². The van der Waals surface area contributed by atoms with E-state index in [0.717, 1.165) is 0 Å². The fourth-order valence-corrected chi connectivity index (χ4v) is 6.91. The number of carbonyl (C=O) groups is 2. The molecule has 2 aromatic rings. The van der Waals surface area contributed by atoms with Crippen LogP contribution in [0.4, 0.5) is 0 Å². The first-order valence-electron chi connectivity index (χ1n) is 9.55. The Kier molecular flexibility index (Phi) is 4.38. The molecule has 29 heavy (non-hydrogen) atoms. The molecule has 0 aliphatic carbocycles. The number of fused-ring (bicyclic) bond motifs is 5. The number of carboxylic acid groups (broad SMARTS) is 1. The zero-order valence-electron chi connectivity index (χ0n) is 15.7. The third-order valence-corrected chi connectivity index (χ3v) is 8.60. The maximum atomic E-state index is 13.2. The Morgan fingerprint density at radius 2 is 1.76 bits per heavy atom. The van der Waals surface area contributed by atoms with Crippen LogP contribution in [0.2, 0.25) is 0 Å². The van der Waals surface area contributed by atoms with Crippen molar-refractivity contribution in [2.75, 3.05) is 13.6 Å². The quantitative estimate of drug-likeness (QED) is 0.402. The molecule has 2 unspecified atom stereocenters. The van der Waals surface area contributed by atoms with Gasteiger partial charge in [-0.15, -0.1) is 22.7 Å². The number of aliphatic hydroxyl groups is 1. The Morgan fingerprint density at radius 1 is 1.21 bits per heavy atom. The van der Waals surface area contributed by atoms with Gasteiger partial charge in [-0.05, 0) is 22.9 Å². The van der Waals surface area contributed by atoms with Gasteiger partial charge >= 0.3 is 5.97 Å². The van der Waals surface area contributed by atoms with Crippen molar-refractivity contribution < 1.29 is 33.8 Å². The highest BCUT2D eigenvalue weighted by atomic mass is 32.1. The van der Waals surface area contributed by atoms with Gasteiger partial charge in [0.25, 0.3) is 0 Å². The van der Waals surface area contributed by atoms with Crippen LogP contribution in [-0.2, 0) is 24.7 Å². The summed E-state index contributed by atoms with van der Waals surface area (Å²) in [6.45, 7) is -0.0688. The number of hydrogen-bond acceptors (Lipinski definition) is 8. The molecule has 3 aliphatic heterocycles. The normalized spacial score (nSPS) is 35.2. The SMILES string of the molecule is C[N+]1(CC(=O)[O-])[C@@H]2CC(OC(=O)C(O)(c3cccs3)c3cccs3)C[C@H]1[C@@H]1O[C@@H]12. The highest BCUT2D eigenvalue weighted by molar-refractivity contribution is 7.12. The van der Waals surface area contributed by atoms with Gasteiger partial charge in [-0.3, -0.25) is 0 Å². The monoisotopic (exact) mass is 435 g/mol. The van der Waals surface area contributed by atoms with Crippen LogP contribution in [0.15, 0.2) is 35.0 Å². The first kappa shape index (κ1) is 19.2. The highest BCUT2D eigenvalue weighted by Crippen LogP contribution is 2.52. The van der Waals surface area contributed by atoms with Gasteiger partial charge in [0, 0.05) is 12.8 Å². The molecule has 2 bridgehead atoms. The van der Waals surface area contributed by atoms with Crippen molar-refractivity contribution in [3.8, 4) is 0 Å². The molecule has 5 heterocycles. The predicted molar refractivity (Wildman–Crippen MR) is 103 cm³/mol. The number of epoxide rings is 1. The van der Waals surface area contributed by atoms with Crippen LogP contribution in [0, 0.1) is 0 Å². The maximum Gasteiger partial charge on any atom is 0.349 e. The number of carbonyl (C=O) groups excluding carboxylic acids is 2. The molecule has 0 amide bonds. The second kappa shape index (κ2) is 6.61. The molecule has 3 fully saturated rings. The van der Waals surface area contributed by atoms with Crippen LogP contribution >= 0.6 is 22.7 Å². The van der Waals surface area contributed by atoms with E-state index in [-0.39, 0.29) is 36.9 Å². The predicted octanol–water partition coefficient (Wildman–Crippen LogP) is 0.466. The van der Waals surface area contributed by atoms with Crippen molar-refractivity contribution >= 4 is 34.6 Å². The average Bonchev–Trinajstić information content (AvgIpc) is 3.03. The Bertz CT molecular complexity index is 875. The van der Waals surface area contributed by atoms with Gasteiger partial charge in [0.15, 0.2) is 0 Å². The number of hydrogen-bond donors (Lipinski definition) is 1. The summed E-state index contributed by atoms with van der Waals surface area (Å²) in [5, 5.41) is 26.3. The lowest BCUT2D eigenvalue weighted by Gasteiger charge is -2.48. The summed E-state index contributed by atoms with van der Waals surface area (Å²) >= 11 is 2.61. The second-order valence-electron chi connectivity index (χ2n) is 8.24. The molecule has 3 saturated heterocycles. The third-order valence-electron chi connectivity index (χ3n) is 6.64. The third kappa shape index (κ3) is 2.87. The topological polar surface area (TPSA) is 99.2 Å². The molecule has 0 radical (unpaired) electrons. The Hall–Kier alpha value is -1.78. The number of thiophene rings is 2. The molecule has 3 aliphatic rings. The van der Waals surface area contributed by atoms with E-state index >= 15 is 0 Å². The number of carboxylic acids is 1. The number of esters is 1. The highest BCUT2D eigenvalue weighted by Gasteiger charge is 2.72. The van der Waals surface area contributed by atoms with Gasteiger partial charge in [-0.25, -0.2) is 4.79 Å². The molecule has 0 spiro atoms. The molecule has 1 N–H and O–H groups in total. The number of rotatable bonds is 6. The molecule has 6 atom stereocenters. The van der Waals surface area contributed by atoms with Crippen LogP contribution < -0.4 is 5.11 Å². The van der Waals surface area contributed by atoms with Crippen molar-refractivity contribution in [2.24, 2.45) is 0 Å². The summed E-state index contributed by atoms with van der Waals surface area (Å²) in [7, 11) is 1.92. The van der Waals surface area contributed by atoms with Crippen molar-refractivity contribution in [2.45, 2.75) is 48.8 Å². The Labute approximate surface area is 175 Å². The molecule has 0 saturated carbocycles. The van der Waals surface area contributed by atoms with E-state index in [4.69, 9.17) is 9.47 Å². The summed E-state index contributed by atoms with van der Waals surface area (Å²) < 4.78 is 11.9. The van der Waals surface area contributed by atoms with E-state index in [1.54, 1.807) is 24.3 Å². The van der Waals surface area contributed by atoms with E-state index in [0.29, 0.717) is 27.1 Å². The van der Waals surface area contributed by atoms with E-state index in [9.17, 15) is 19.8 Å². The first-order valence-corrected chi connectivity index (χ1v) is 11.3. The summed E-state index contributed by atoms with van der Waals surface area (Å²) in [4.78, 5) is 25.5. The maximum absolute atomic E-state index is 13.2. The molecule has 0 aromatic carbocycles. The summed E-state index contributed by atoms with van der Waals surface area (Å²) in [6, 6.07) is 6.94. The van der Waals surface area contributed by atoms with Crippen LogP contribution in [0.1, 0.15) is 22.6 Å². The lowest BCUT2D eigenvalue weighted by atomic mass is 9.94. The van der Waals surface area contributed by atoms with Gasteiger partial charge in [-0.1, -0.05) is 12.1 Å². The van der Waals surface area contributed by atoms with E-state index in [1.807, 2.05) is 17.8 Å². The van der Waals surface area contributed by atoms with Crippen LogP contribution in [-0.4, -0.2) is 65.5 Å². The van der Waals surface area contributed by atoms with Crippen molar-refractivity contribution in [1.82, 2.24) is 0 Å². The van der Waals surface area contributed by atoms with Gasteiger partial charge < -0.3 is 29.0 Å². The van der Waals surface area contributed by atoms with Gasteiger partial charge in [0.05, 0.1) is 22.8 Å². The number of quaternary nitrogens is 1. The minimum atomic E-state index is -1.83. The zero-order valence-corrected chi connectivity index (χ0v) is 17.4. The Balaban J connectivity index is 1.37. The number of piperidine rings is 1. The molecule has 5 rings (SSSR count). The number of aliphatic carboxylic acids is 1. The first-order chi connectivity index (χ1) is 13.8. The summed E-state index contributed by atoms with van der Waals surface area (Å²) in [6.07, 6.45) is 0.674. The van der Waals surface area contributed by atoms with E-state index < -0.39 is 17.5 Å². The molecule has 9 heteroatoms.